The zero-order valence-corrected chi connectivity index (χ0v) is 17.8. The lowest BCUT2D eigenvalue weighted by molar-refractivity contribution is 0.0342. The van der Waals surface area contributed by atoms with Gasteiger partial charge in [-0.25, -0.2) is 0 Å². The molecule has 2 aromatic carbocycles. The van der Waals surface area contributed by atoms with E-state index in [0.717, 1.165) is 74.9 Å². The Balaban J connectivity index is 1.21. The van der Waals surface area contributed by atoms with Gasteiger partial charge in [0, 0.05) is 50.4 Å². The van der Waals surface area contributed by atoms with Crippen LogP contribution < -0.4 is 15.4 Å². The van der Waals surface area contributed by atoms with Crippen LogP contribution in [-0.4, -0.2) is 67.8 Å². The molecule has 7 heteroatoms. The van der Waals surface area contributed by atoms with Gasteiger partial charge in [0.25, 0.3) is 5.91 Å². The highest BCUT2D eigenvalue weighted by molar-refractivity contribution is 5.99. The first-order valence-corrected chi connectivity index (χ1v) is 11.2. The Hall–Kier alpha value is -2.45. The van der Waals surface area contributed by atoms with Crippen LogP contribution in [0.25, 0.3) is 0 Å². The Morgan fingerprint density at radius 1 is 1.03 bits per heavy atom. The summed E-state index contributed by atoms with van der Waals surface area (Å²) in [5, 5.41) is 6.78. The molecule has 7 nitrogen and oxygen atoms in total. The van der Waals surface area contributed by atoms with E-state index in [-0.39, 0.29) is 12.1 Å². The van der Waals surface area contributed by atoms with Crippen LogP contribution in [0.15, 0.2) is 42.5 Å². The normalized spacial score (nSPS) is 21.9. The summed E-state index contributed by atoms with van der Waals surface area (Å²) in [5.41, 5.74) is 4.18. The third kappa shape index (κ3) is 4.60. The van der Waals surface area contributed by atoms with Crippen molar-refractivity contribution < 1.29 is 14.3 Å². The number of benzene rings is 2. The van der Waals surface area contributed by atoms with Crippen LogP contribution in [0, 0.1) is 0 Å². The lowest BCUT2D eigenvalue weighted by Gasteiger charge is -2.32. The van der Waals surface area contributed by atoms with Crippen LogP contribution in [0.1, 0.15) is 27.0 Å². The SMILES string of the molecule is O=C1c2cccc(OCc3ccc(CN4CCOCC4)cc3)c2CN1[C@H]1CNCCN1. The fourth-order valence-electron chi connectivity index (χ4n) is 4.49. The molecule has 2 fully saturated rings. The van der Waals surface area contributed by atoms with Crippen molar-refractivity contribution in [1.82, 2.24) is 20.4 Å². The highest BCUT2D eigenvalue weighted by atomic mass is 16.5. The number of carbonyl (C=O) groups excluding carboxylic acids is 1. The molecule has 2 N–H and O–H groups in total. The average molecular weight is 423 g/mol. The molecular formula is C24H30N4O3. The van der Waals surface area contributed by atoms with Crippen LogP contribution >= 0.6 is 0 Å². The topological polar surface area (TPSA) is 66.1 Å². The third-order valence-corrected chi connectivity index (χ3v) is 6.28. The minimum atomic E-state index is 0.0283. The van der Waals surface area contributed by atoms with Crippen molar-refractivity contribution in [2.75, 3.05) is 45.9 Å². The summed E-state index contributed by atoms with van der Waals surface area (Å²) < 4.78 is 11.6. The lowest BCUT2D eigenvalue weighted by atomic mass is 10.1. The zero-order valence-electron chi connectivity index (χ0n) is 17.8. The van der Waals surface area contributed by atoms with Gasteiger partial charge in [0.1, 0.15) is 12.4 Å². The Bertz CT molecular complexity index is 906. The number of nitrogens with one attached hydrogen (secondary N) is 2. The van der Waals surface area contributed by atoms with E-state index in [0.29, 0.717) is 13.2 Å². The molecule has 0 radical (unpaired) electrons. The second-order valence-corrected chi connectivity index (χ2v) is 8.38. The summed E-state index contributed by atoms with van der Waals surface area (Å²) in [5.74, 6) is 0.878. The van der Waals surface area contributed by atoms with Gasteiger partial charge in [-0.1, -0.05) is 30.3 Å². The second kappa shape index (κ2) is 9.36. The van der Waals surface area contributed by atoms with Gasteiger partial charge in [-0.2, -0.15) is 0 Å². The van der Waals surface area contributed by atoms with E-state index in [1.807, 2.05) is 23.1 Å². The molecule has 1 atom stereocenters. The average Bonchev–Trinajstić information content (AvgIpc) is 3.17. The molecule has 0 bridgehead atoms. The first-order chi connectivity index (χ1) is 15.3. The largest absolute Gasteiger partial charge is 0.489 e. The van der Waals surface area contributed by atoms with E-state index < -0.39 is 0 Å². The maximum Gasteiger partial charge on any atom is 0.255 e. The number of fused-ring (bicyclic) bond motifs is 1. The molecule has 3 aliphatic heterocycles. The molecular weight excluding hydrogens is 392 g/mol. The molecule has 0 spiro atoms. The highest BCUT2D eigenvalue weighted by Crippen LogP contribution is 2.32. The summed E-state index contributed by atoms with van der Waals surface area (Å²) in [6, 6.07) is 14.4. The summed E-state index contributed by atoms with van der Waals surface area (Å²) in [6.07, 6.45) is 0.0283. The van der Waals surface area contributed by atoms with Crippen molar-refractivity contribution in [1.29, 1.82) is 0 Å². The Morgan fingerprint density at radius 2 is 1.84 bits per heavy atom. The smallest absolute Gasteiger partial charge is 0.255 e. The van der Waals surface area contributed by atoms with Crippen molar-refractivity contribution in [2.24, 2.45) is 0 Å². The molecule has 5 rings (SSSR count). The van der Waals surface area contributed by atoms with E-state index in [2.05, 4.69) is 39.8 Å². The third-order valence-electron chi connectivity index (χ3n) is 6.28. The van der Waals surface area contributed by atoms with E-state index in [9.17, 15) is 4.79 Å². The number of piperazine rings is 1. The number of hydrogen-bond donors (Lipinski definition) is 2. The molecule has 1 amide bonds. The quantitative estimate of drug-likeness (QED) is 0.737. The predicted molar refractivity (Wildman–Crippen MR) is 118 cm³/mol. The Morgan fingerprint density at radius 3 is 2.61 bits per heavy atom. The highest BCUT2D eigenvalue weighted by Gasteiger charge is 2.35. The number of carbonyl (C=O) groups is 1. The number of nitrogens with zero attached hydrogens (tertiary/aromatic N) is 2. The number of hydrogen-bond acceptors (Lipinski definition) is 6. The van der Waals surface area contributed by atoms with Crippen LogP contribution in [-0.2, 0) is 24.4 Å². The summed E-state index contributed by atoms with van der Waals surface area (Å²) in [4.78, 5) is 17.2. The number of rotatable bonds is 6. The fraction of sp³-hybridized carbons (Fsp3) is 0.458. The second-order valence-electron chi connectivity index (χ2n) is 8.38. The molecule has 164 valence electrons. The van der Waals surface area contributed by atoms with Gasteiger partial charge in [0.05, 0.1) is 25.9 Å². The minimum Gasteiger partial charge on any atom is -0.489 e. The zero-order chi connectivity index (χ0) is 21.0. The monoisotopic (exact) mass is 422 g/mol. The van der Waals surface area contributed by atoms with Crippen molar-refractivity contribution in [2.45, 2.75) is 25.9 Å². The molecule has 0 aromatic heterocycles. The standard InChI is InChI=1S/C24H30N4O3/c29-24-20-2-1-3-22(21(20)16-28(24)23-14-25-8-9-26-23)31-17-19-6-4-18(5-7-19)15-27-10-12-30-13-11-27/h1-7,23,25-26H,8-17H2/t23-/m0/s1. The summed E-state index contributed by atoms with van der Waals surface area (Å²) >= 11 is 0. The molecule has 3 aliphatic rings. The molecule has 2 saturated heterocycles. The maximum atomic E-state index is 12.9. The first-order valence-electron chi connectivity index (χ1n) is 11.2. The van der Waals surface area contributed by atoms with E-state index in [1.54, 1.807) is 0 Å². The van der Waals surface area contributed by atoms with Crippen molar-refractivity contribution in [3.8, 4) is 5.75 Å². The van der Waals surface area contributed by atoms with E-state index in [1.165, 1.54) is 5.56 Å². The van der Waals surface area contributed by atoms with Gasteiger partial charge in [-0.15, -0.1) is 0 Å². The minimum absolute atomic E-state index is 0.0283. The molecule has 0 aliphatic carbocycles. The molecule has 0 saturated carbocycles. The molecule has 31 heavy (non-hydrogen) atoms. The molecule has 0 unspecified atom stereocenters. The fourth-order valence-corrected chi connectivity index (χ4v) is 4.49. The predicted octanol–water partition coefficient (Wildman–Crippen LogP) is 1.57. The van der Waals surface area contributed by atoms with E-state index in [4.69, 9.17) is 9.47 Å². The molecule has 2 aromatic rings. The van der Waals surface area contributed by atoms with Gasteiger partial charge in [0.15, 0.2) is 0 Å². The number of amides is 1. The van der Waals surface area contributed by atoms with Crippen LogP contribution in [0.2, 0.25) is 0 Å². The van der Waals surface area contributed by atoms with Gasteiger partial charge < -0.3 is 19.7 Å². The Labute approximate surface area is 183 Å². The van der Waals surface area contributed by atoms with Gasteiger partial charge in [0.2, 0.25) is 0 Å². The van der Waals surface area contributed by atoms with Crippen LogP contribution in [0.5, 0.6) is 5.75 Å². The van der Waals surface area contributed by atoms with Gasteiger partial charge in [-0.05, 0) is 23.3 Å². The maximum absolute atomic E-state index is 12.9. The van der Waals surface area contributed by atoms with Crippen LogP contribution in [0.3, 0.4) is 0 Å². The van der Waals surface area contributed by atoms with Gasteiger partial charge in [-0.3, -0.25) is 15.0 Å². The molecule has 3 heterocycles. The van der Waals surface area contributed by atoms with Gasteiger partial charge >= 0.3 is 0 Å². The first kappa shape index (κ1) is 20.5. The van der Waals surface area contributed by atoms with Crippen molar-refractivity contribution >= 4 is 5.91 Å². The van der Waals surface area contributed by atoms with Crippen LogP contribution in [0.4, 0.5) is 0 Å². The number of morpholine rings is 1. The summed E-state index contributed by atoms with van der Waals surface area (Å²) in [7, 11) is 0. The van der Waals surface area contributed by atoms with Crippen molar-refractivity contribution in [3.05, 3.63) is 64.7 Å². The lowest BCUT2D eigenvalue weighted by Crippen LogP contribution is -2.57. The number of ether oxygens (including phenoxy) is 2. The van der Waals surface area contributed by atoms with E-state index >= 15 is 0 Å². The Kier molecular flexibility index (Phi) is 6.18. The van der Waals surface area contributed by atoms with Crippen molar-refractivity contribution in [3.63, 3.8) is 0 Å². The summed E-state index contributed by atoms with van der Waals surface area (Å²) in [6.45, 7) is 8.24.